The average Bonchev–Trinajstić information content (AvgIpc) is 2.63. The Morgan fingerprint density at radius 1 is 1.59 bits per heavy atom. The number of aliphatic carboxylic acids is 1. The summed E-state index contributed by atoms with van der Waals surface area (Å²) in [5, 5.41) is 21.7. The number of nitrogens with zero attached hydrogens (tertiary/aromatic N) is 1. The fraction of sp³-hybridized carbons (Fsp3) is 0.444. The molecular formula is C9H13N3O4S. The van der Waals surface area contributed by atoms with Crippen molar-refractivity contribution in [1.82, 2.24) is 10.3 Å². The van der Waals surface area contributed by atoms with Crippen LogP contribution in [0.2, 0.25) is 0 Å². The van der Waals surface area contributed by atoms with Crippen LogP contribution in [0, 0.1) is 0 Å². The molecule has 94 valence electrons. The Morgan fingerprint density at radius 2 is 2.29 bits per heavy atom. The van der Waals surface area contributed by atoms with E-state index in [1.165, 1.54) is 11.3 Å². The van der Waals surface area contributed by atoms with Gasteiger partial charge in [0.25, 0.3) is 0 Å². The number of aliphatic hydroxyl groups excluding tert-OH is 1. The van der Waals surface area contributed by atoms with Gasteiger partial charge in [0.05, 0.1) is 12.1 Å². The summed E-state index contributed by atoms with van der Waals surface area (Å²) in [7, 11) is 0. The highest BCUT2D eigenvalue weighted by Crippen LogP contribution is 2.11. The van der Waals surface area contributed by atoms with E-state index in [0.717, 1.165) is 0 Å². The number of rotatable bonds is 6. The maximum atomic E-state index is 11.5. The number of aliphatic hydroxyl groups is 1. The van der Waals surface area contributed by atoms with Gasteiger partial charge in [-0.25, -0.2) is 9.78 Å². The number of carboxylic acids is 1. The van der Waals surface area contributed by atoms with Crippen LogP contribution in [0.25, 0.3) is 0 Å². The van der Waals surface area contributed by atoms with Crippen molar-refractivity contribution in [3.05, 3.63) is 11.1 Å². The van der Waals surface area contributed by atoms with E-state index in [9.17, 15) is 9.59 Å². The number of nitrogens with two attached hydrogens (primary N) is 1. The van der Waals surface area contributed by atoms with Gasteiger partial charge in [-0.2, -0.15) is 0 Å². The fourth-order valence-corrected chi connectivity index (χ4v) is 1.76. The third kappa shape index (κ3) is 4.37. The van der Waals surface area contributed by atoms with Gasteiger partial charge in [0, 0.05) is 18.4 Å². The van der Waals surface area contributed by atoms with E-state index >= 15 is 0 Å². The van der Waals surface area contributed by atoms with Gasteiger partial charge in [0.1, 0.15) is 6.04 Å². The van der Waals surface area contributed by atoms with Gasteiger partial charge in [-0.3, -0.25) is 4.79 Å². The normalized spacial score (nSPS) is 12.1. The number of hydrogen-bond acceptors (Lipinski definition) is 6. The van der Waals surface area contributed by atoms with Crippen molar-refractivity contribution in [1.29, 1.82) is 0 Å². The van der Waals surface area contributed by atoms with Crippen molar-refractivity contribution >= 4 is 28.3 Å². The third-order valence-electron chi connectivity index (χ3n) is 1.96. The first-order valence-electron chi connectivity index (χ1n) is 4.86. The SMILES string of the molecule is Nc1nc(CC(=O)NC(CCO)C(=O)O)cs1. The lowest BCUT2D eigenvalue weighted by molar-refractivity contribution is -0.142. The van der Waals surface area contributed by atoms with Crippen molar-refractivity contribution in [3.63, 3.8) is 0 Å². The quantitative estimate of drug-likeness (QED) is 0.531. The Bertz CT molecular complexity index is 407. The first-order chi connectivity index (χ1) is 8.02. The Kier molecular flexibility index (Phi) is 4.85. The van der Waals surface area contributed by atoms with Gasteiger partial charge >= 0.3 is 5.97 Å². The molecule has 1 aromatic rings. The minimum absolute atomic E-state index is 0.0249. The van der Waals surface area contributed by atoms with E-state index in [1.807, 2.05) is 0 Å². The molecule has 5 N–H and O–H groups in total. The highest BCUT2D eigenvalue weighted by atomic mass is 32.1. The Labute approximate surface area is 101 Å². The lowest BCUT2D eigenvalue weighted by Crippen LogP contribution is -2.42. The van der Waals surface area contributed by atoms with Crippen molar-refractivity contribution < 1.29 is 19.8 Å². The van der Waals surface area contributed by atoms with Crippen LogP contribution >= 0.6 is 11.3 Å². The summed E-state index contributed by atoms with van der Waals surface area (Å²) >= 11 is 1.21. The second kappa shape index (κ2) is 6.16. The molecule has 8 heteroatoms. The minimum Gasteiger partial charge on any atom is -0.480 e. The van der Waals surface area contributed by atoms with Crippen LogP contribution in [0.5, 0.6) is 0 Å². The molecule has 0 aliphatic rings. The summed E-state index contributed by atoms with van der Waals surface area (Å²) < 4.78 is 0. The van der Waals surface area contributed by atoms with Crippen LogP contribution in [0.1, 0.15) is 12.1 Å². The molecule has 0 spiro atoms. The zero-order chi connectivity index (χ0) is 12.8. The van der Waals surface area contributed by atoms with Crippen LogP contribution in [0.4, 0.5) is 5.13 Å². The van der Waals surface area contributed by atoms with E-state index in [2.05, 4.69) is 10.3 Å². The highest BCUT2D eigenvalue weighted by Gasteiger charge is 2.19. The molecule has 0 bridgehead atoms. The number of carbonyl (C=O) groups excluding carboxylic acids is 1. The number of nitrogen functional groups attached to an aromatic ring is 1. The molecule has 0 aliphatic carbocycles. The number of carbonyl (C=O) groups is 2. The van der Waals surface area contributed by atoms with Crippen molar-refractivity contribution in [2.45, 2.75) is 18.9 Å². The molecule has 0 aliphatic heterocycles. The predicted octanol–water partition coefficient (Wildman–Crippen LogP) is -0.780. The van der Waals surface area contributed by atoms with Crippen molar-refractivity contribution in [3.8, 4) is 0 Å². The standard InChI is InChI=1S/C9H13N3O4S/c10-9-11-5(4-17-9)3-7(14)12-6(1-2-13)8(15)16/h4,6,13H,1-3H2,(H2,10,11)(H,12,14)(H,15,16). The van der Waals surface area contributed by atoms with Gasteiger partial charge in [0.2, 0.25) is 5.91 Å². The predicted molar refractivity (Wildman–Crippen MR) is 61.5 cm³/mol. The highest BCUT2D eigenvalue weighted by molar-refractivity contribution is 7.13. The largest absolute Gasteiger partial charge is 0.480 e. The van der Waals surface area contributed by atoms with Crippen LogP contribution in [0.15, 0.2) is 5.38 Å². The lowest BCUT2D eigenvalue weighted by Gasteiger charge is -2.12. The number of hydrogen-bond donors (Lipinski definition) is 4. The summed E-state index contributed by atoms with van der Waals surface area (Å²) in [5.74, 6) is -1.64. The Hall–Kier alpha value is -1.67. The number of anilines is 1. The molecule has 0 aromatic carbocycles. The van der Waals surface area contributed by atoms with Gasteiger partial charge < -0.3 is 21.3 Å². The van der Waals surface area contributed by atoms with Crippen LogP contribution in [-0.2, 0) is 16.0 Å². The van der Waals surface area contributed by atoms with Crippen LogP contribution in [0.3, 0.4) is 0 Å². The van der Waals surface area contributed by atoms with Crippen molar-refractivity contribution in [2.24, 2.45) is 0 Å². The summed E-state index contributed by atoms with van der Waals surface area (Å²) in [4.78, 5) is 26.1. The lowest BCUT2D eigenvalue weighted by atomic mass is 10.2. The number of aromatic nitrogens is 1. The zero-order valence-electron chi connectivity index (χ0n) is 8.92. The van der Waals surface area contributed by atoms with E-state index in [4.69, 9.17) is 15.9 Å². The number of carboxylic acid groups (broad SMARTS) is 1. The average molecular weight is 259 g/mol. The smallest absolute Gasteiger partial charge is 0.326 e. The number of amides is 1. The monoisotopic (exact) mass is 259 g/mol. The molecule has 0 radical (unpaired) electrons. The molecule has 1 amide bonds. The van der Waals surface area contributed by atoms with Crippen molar-refractivity contribution in [2.75, 3.05) is 12.3 Å². The van der Waals surface area contributed by atoms with Gasteiger partial charge in [-0.1, -0.05) is 0 Å². The van der Waals surface area contributed by atoms with Crippen LogP contribution < -0.4 is 11.1 Å². The molecule has 0 saturated carbocycles. The second-order valence-electron chi connectivity index (χ2n) is 3.32. The maximum Gasteiger partial charge on any atom is 0.326 e. The minimum atomic E-state index is -1.18. The molecular weight excluding hydrogens is 246 g/mol. The van der Waals surface area contributed by atoms with Gasteiger partial charge in [-0.15, -0.1) is 11.3 Å². The first kappa shape index (κ1) is 13.4. The molecule has 1 rings (SSSR count). The molecule has 7 nitrogen and oxygen atoms in total. The molecule has 1 unspecified atom stereocenters. The number of nitrogens with one attached hydrogen (secondary N) is 1. The zero-order valence-corrected chi connectivity index (χ0v) is 9.74. The molecule has 1 aromatic heterocycles. The molecule has 0 fully saturated rings. The second-order valence-corrected chi connectivity index (χ2v) is 4.21. The fourth-order valence-electron chi connectivity index (χ4n) is 1.20. The topological polar surface area (TPSA) is 126 Å². The molecule has 17 heavy (non-hydrogen) atoms. The third-order valence-corrected chi connectivity index (χ3v) is 2.68. The Morgan fingerprint density at radius 3 is 2.76 bits per heavy atom. The molecule has 1 heterocycles. The first-order valence-corrected chi connectivity index (χ1v) is 5.73. The number of thiazole rings is 1. The van der Waals surface area contributed by atoms with Gasteiger partial charge in [-0.05, 0) is 0 Å². The van der Waals surface area contributed by atoms with E-state index in [-0.39, 0.29) is 19.4 Å². The summed E-state index contributed by atoms with van der Waals surface area (Å²) in [6, 6.07) is -1.08. The maximum absolute atomic E-state index is 11.5. The molecule has 1 atom stereocenters. The van der Waals surface area contributed by atoms with E-state index in [1.54, 1.807) is 5.38 Å². The van der Waals surface area contributed by atoms with Gasteiger partial charge in [0.15, 0.2) is 5.13 Å². The summed E-state index contributed by atoms with van der Waals surface area (Å²) in [6.07, 6.45) is -0.0524. The molecule has 0 saturated heterocycles. The summed E-state index contributed by atoms with van der Waals surface area (Å²) in [5.41, 5.74) is 5.90. The Balaban J connectivity index is 2.50. The summed E-state index contributed by atoms with van der Waals surface area (Å²) in [6.45, 7) is -0.305. The van der Waals surface area contributed by atoms with E-state index in [0.29, 0.717) is 10.8 Å². The van der Waals surface area contributed by atoms with E-state index < -0.39 is 17.9 Å². The van der Waals surface area contributed by atoms with Crippen LogP contribution in [-0.4, -0.2) is 39.7 Å².